The van der Waals surface area contributed by atoms with Gasteiger partial charge in [-0.1, -0.05) is 0 Å². The van der Waals surface area contributed by atoms with E-state index >= 15 is 0 Å². The molecule has 1 atom stereocenters. The molecule has 6 nitrogen and oxygen atoms in total. The number of aromatic nitrogens is 2. The molecule has 1 N–H and O–H groups in total. The Bertz CT molecular complexity index is 979. The Kier molecular flexibility index (Phi) is 5.50. The Morgan fingerprint density at radius 1 is 1.27 bits per heavy atom. The molecule has 1 aliphatic heterocycles. The van der Waals surface area contributed by atoms with Gasteiger partial charge in [-0.15, -0.1) is 23.7 Å². The first-order chi connectivity index (χ1) is 12.2. The smallest absolute Gasteiger partial charge is 0.263 e. The highest BCUT2D eigenvalue weighted by Gasteiger charge is 2.22. The van der Waals surface area contributed by atoms with E-state index in [4.69, 9.17) is 9.47 Å². The Morgan fingerprint density at radius 2 is 2.12 bits per heavy atom. The first kappa shape index (κ1) is 18.7. The van der Waals surface area contributed by atoms with Crippen LogP contribution in [0, 0.1) is 0 Å². The van der Waals surface area contributed by atoms with Crippen molar-refractivity contribution in [3.63, 3.8) is 0 Å². The molecule has 0 amide bonds. The predicted octanol–water partition coefficient (Wildman–Crippen LogP) is 3.10. The molecule has 138 valence electrons. The van der Waals surface area contributed by atoms with Crippen molar-refractivity contribution in [2.24, 2.45) is 0 Å². The molecule has 2 aromatic heterocycles. The minimum absolute atomic E-state index is 0. The quantitative estimate of drug-likeness (QED) is 0.737. The summed E-state index contributed by atoms with van der Waals surface area (Å²) in [5.74, 6) is 1.39. The zero-order chi connectivity index (χ0) is 17.4. The molecule has 1 saturated heterocycles. The normalized spacial score (nSPS) is 16.5. The zero-order valence-electron chi connectivity index (χ0n) is 14.5. The molecular formula is C18H20ClN3O3S. The standard InChI is InChI=1S/C18H19N3O3S.ClH/c1-23-12-3-4-13(15(7-12)24-2)14-9-25-17-16(14)18(22)21(10-20-17)11-5-6-19-8-11;/h3-4,7,9-11,19H,5-6,8H2,1-2H3;1H/t11-;/m0./s1. The van der Waals surface area contributed by atoms with Gasteiger partial charge in [0.2, 0.25) is 0 Å². The lowest BCUT2D eigenvalue weighted by Gasteiger charge is -2.13. The number of thiophene rings is 1. The van der Waals surface area contributed by atoms with Crippen molar-refractivity contribution >= 4 is 34.0 Å². The monoisotopic (exact) mass is 393 g/mol. The van der Waals surface area contributed by atoms with Gasteiger partial charge in [0.1, 0.15) is 16.3 Å². The van der Waals surface area contributed by atoms with Crippen molar-refractivity contribution in [3.8, 4) is 22.6 Å². The molecule has 8 heteroatoms. The van der Waals surface area contributed by atoms with E-state index in [1.807, 2.05) is 23.6 Å². The second kappa shape index (κ2) is 7.65. The number of hydrogen-bond acceptors (Lipinski definition) is 6. The van der Waals surface area contributed by atoms with Crippen LogP contribution in [-0.4, -0.2) is 36.9 Å². The van der Waals surface area contributed by atoms with Crippen molar-refractivity contribution in [1.29, 1.82) is 0 Å². The Balaban J connectivity index is 0.00000196. The van der Waals surface area contributed by atoms with Crippen LogP contribution in [0.1, 0.15) is 12.5 Å². The molecular weight excluding hydrogens is 374 g/mol. The minimum atomic E-state index is 0. The van der Waals surface area contributed by atoms with Crippen LogP contribution in [0.15, 0.2) is 34.7 Å². The summed E-state index contributed by atoms with van der Waals surface area (Å²) in [6.45, 7) is 1.73. The fourth-order valence-electron chi connectivity index (χ4n) is 3.30. The van der Waals surface area contributed by atoms with Gasteiger partial charge in [0.05, 0.1) is 32.0 Å². The fraction of sp³-hybridized carbons (Fsp3) is 0.333. The predicted molar refractivity (Wildman–Crippen MR) is 106 cm³/mol. The van der Waals surface area contributed by atoms with Crippen molar-refractivity contribution < 1.29 is 9.47 Å². The molecule has 4 rings (SSSR count). The highest BCUT2D eigenvalue weighted by Crippen LogP contribution is 2.38. The van der Waals surface area contributed by atoms with E-state index in [-0.39, 0.29) is 24.0 Å². The number of nitrogens with one attached hydrogen (secondary N) is 1. The maximum Gasteiger partial charge on any atom is 0.263 e. The highest BCUT2D eigenvalue weighted by molar-refractivity contribution is 7.17. The van der Waals surface area contributed by atoms with Gasteiger partial charge in [-0.05, 0) is 25.1 Å². The maximum absolute atomic E-state index is 13.1. The summed E-state index contributed by atoms with van der Waals surface area (Å²) < 4.78 is 12.5. The lowest BCUT2D eigenvalue weighted by atomic mass is 10.0. The third kappa shape index (κ3) is 3.06. The van der Waals surface area contributed by atoms with Gasteiger partial charge in [-0.25, -0.2) is 4.98 Å². The van der Waals surface area contributed by atoms with Crippen LogP contribution in [0.3, 0.4) is 0 Å². The van der Waals surface area contributed by atoms with Gasteiger partial charge in [-0.2, -0.15) is 0 Å². The Labute approximate surface area is 161 Å². The number of benzene rings is 1. The number of hydrogen-bond donors (Lipinski definition) is 1. The van der Waals surface area contributed by atoms with E-state index in [9.17, 15) is 4.79 Å². The van der Waals surface area contributed by atoms with Gasteiger partial charge < -0.3 is 14.8 Å². The molecule has 0 saturated carbocycles. The molecule has 1 fully saturated rings. The molecule has 0 spiro atoms. The second-order valence-electron chi connectivity index (χ2n) is 6.00. The Hall–Kier alpha value is -2.09. The summed E-state index contributed by atoms with van der Waals surface area (Å²) in [5.41, 5.74) is 1.74. The molecule has 1 aliphatic rings. The average Bonchev–Trinajstić information content (AvgIpc) is 3.31. The summed E-state index contributed by atoms with van der Waals surface area (Å²) in [4.78, 5) is 18.4. The van der Waals surface area contributed by atoms with E-state index in [2.05, 4.69) is 10.3 Å². The van der Waals surface area contributed by atoms with Crippen LogP contribution in [0.25, 0.3) is 21.3 Å². The minimum Gasteiger partial charge on any atom is -0.497 e. The highest BCUT2D eigenvalue weighted by atomic mass is 35.5. The molecule has 26 heavy (non-hydrogen) atoms. The topological polar surface area (TPSA) is 65.4 Å². The third-order valence-corrected chi connectivity index (χ3v) is 5.53. The summed E-state index contributed by atoms with van der Waals surface area (Å²) in [6, 6.07) is 5.79. The molecule has 1 aromatic carbocycles. The number of halogens is 1. The second-order valence-corrected chi connectivity index (χ2v) is 6.86. The van der Waals surface area contributed by atoms with Crippen LogP contribution in [0.5, 0.6) is 11.5 Å². The zero-order valence-corrected chi connectivity index (χ0v) is 16.2. The van der Waals surface area contributed by atoms with Crippen LogP contribution >= 0.6 is 23.7 Å². The first-order valence-corrected chi connectivity index (χ1v) is 9.02. The van der Waals surface area contributed by atoms with Crippen molar-refractivity contribution in [2.75, 3.05) is 27.3 Å². The van der Waals surface area contributed by atoms with Gasteiger partial charge >= 0.3 is 0 Å². The van der Waals surface area contributed by atoms with Gasteiger partial charge in [0.25, 0.3) is 5.56 Å². The van der Waals surface area contributed by atoms with E-state index < -0.39 is 0 Å². The first-order valence-electron chi connectivity index (χ1n) is 8.14. The molecule has 0 radical (unpaired) electrons. The average molecular weight is 394 g/mol. The fourth-order valence-corrected chi connectivity index (χ4v) is 4.20. The van der Waals surface area contributed by atoms with Crippen LogP contribution < -0.4 is 20.3 Å². The van der Waals surface area contributed by atoms with Crippen LogP contribution in [-0.2, 0) is 0 Å². The van der Waals surface area contributed by atoms with Gasteiger partial charge in [0, 0.05) is 29.1 Å². The SMILES string of the molecule is COc1ccc(-c2csc3ncn([C@H]4CCNC4)c(=O)c23)c(OC)c1.Cl. The number of nitrogens with zero attached hydrogens (tertiary/aromatic N) is 2. The van der Waals surface area contributed by atoms with Gasteiger partial charge in [0.15, 0.2) is 0 Å². The summed E-state index contributed by atoms with van der Waals surface area (Å²) in [6.07, 6.45) is 2.62. The van der Waals surface area contributed by atoms with Crippen molar-refractivity contribution in [2.45, 2.75) is 12.5 Å². The van der Waals surface area contributed by atoms with E-state index in [0.717, 1.165) is 35.5 Å². The molecule has 3 aromatic rings. The van der Waals surface area contributed by atoms with Crippen molar-refractivity contribution in [3.05, 3.63) is 40.3 Å². The third-order valence-electron chi connectivity index (χ3n) is 4.65. The maximum atomic E-state index is 13.1. The summed E-state index contributed by atoms with van der Waals surface area (Å²) in [7, 11) is 3.24. The van der Waals surface area contributed by atoms with Gasteiger partial charge in [-0.3, -0.25) is 9.36 Å². The number of rotatable bonds is 4. The van der Waals surface area contributed by atoms with E-state index in [1.165, 1.54) is 11.3 Å². The van der Waals surface area contributed by atoms with Crippen LogP contribution in [0.2, 0.25) is 0 Å². The van der Waals surface area contributed by atoms with Crippen LogP contribution in [0.4, 0.5) is 0 Å². The lowest BCUT2D eigenvalue weighted by Crippen LogP contribution is -2.26. The molecule has 0 bridgehead atoms. The van der Waals surface area contributed by atoms with E-state index in [0.29, 0.717) is 16.9 Å². The molecule has 0 unspecified atom stereocenters. The number of fused-ring (bicyclic) bond motifs is 1. The summed E-state index contributed by atoms with van der Waals surface area (Å²) in [5, 5.41) is 5.93. The molecule has 0 aliphatic carbocycles. The number of methoxy groups -OCH3 is 2. The Morgan fingerprint density at radius 3 is 2.81 bits per heavy atom. The summed E-state index contributed by atoms with van der Waals surface area (Å²) >= 11 is 1.48. The largest absolute Gasteiger partial charge is 0.497 e. The van der Waals surface area contributed by atoms with Crippen molar-refractivity contribution in [1.82, 2.24) is 14.9 Å². The lowest BCUT2D eigenvalue weighted by molar-refractivity contribution is 0.395. The number of ether oxygens (including phenoxy) is 2. The van der Waals surface area contributed by atoms with E-state index in [1.54, 1.807) is 25.1 Å². The molecule has 3 heterocycles.